The highest BCUT2D eigenvalue weighted by Gasteiger charge is 2.34. The van der Waals surface area contributed by atoms with Crippen molar-refractivity contribution >= 4 is 55.2 Å². The summed E-state index contributed by atoms with van der Waals surface area (Å²) in [6.45, 7) is 0.902. The van der Waals surface area contributed by atoms with Gasteiger partial charge in [0.25, 0.3) is 10.1 Å². The SMILES string of the molecule is O=S(=O)(O)C(CCN1c2ccccc2Sc2ccccc21)C1=NC=CCN1Br. The van der Waals surface area contributed by atoms with Gasteiger partial charge < -0.3 is 4.90 Å². The van der Waals surface area contributed by atoms with Gasteiger partial charge in [0.15, 0.2) is 0 Å². The highest BCUT2D eigenvalue weighted by molar-refractivity contribution is 9.07. The smallest absolute Gasteiger partial charge is 0.275 e. The predicted octanol–water partition coefficient (Wildman–Crippen LogP) is 4.47. The number of nitrogens with zero attached hydrogens (tertiary/aromatic N) is 3. The Labute approximate surface area is 177 Å². The van der Waals surface area contributed by atoms with E-state index in [-0.39, 0.29) is 12.3 Å². The van der Waals surface area contributed by atoms with Crippen LogP contribution in [0.5, 0.6) is 0 Å². The number of halogens is 1. The third-order valence-corrected chi connectivity index (χ3v) is 7.57. The molecule has 2 heterocycles. The largest absolute Gasteiger partial charge is 0.340 e. The van der Waals surface area contributed by atoms with Gasteiger partial charge in [-0.2, -0.15) is 8.42 Å². The van der Waals surface area contributed by atoms with Gasteiger partial charge in [0.05, 0.1) is 34.1 Å². The number of benzene rings is 2. The molecule has 0 saturated heterocycles. The van der Waals surface area contributed by atoms with E-state index in [1.165, 1.54) is 0 Å². The van der Waals surface area contributed by atoms with Crippen LogP contribution in [-0.4, -0.2) is 41.1 Å². The van der Waals surface area contributed by atoms with Gasteiger partial charge in [-0.3, -0.25) is 8.48 Å². The number of para-hydroxylation sites is 2. The topological polar surface area (TPSA) is 73.2 Å². The van der Waals surface area contributed by atoms with Crippen LogP contribution < -0.4 is 4.90 Å². The van der Waals surface area contributed by atoms with E-state index >= 15 is 0 Å². The molecule has 1 atom stereocenters. The second-order valence-corrected chi connectivity index (χ2v) is 9.94. The van der Waals surface area contributed by atoms with E-state index in [1.807, 2.05) is 36.4 Å². The number of fused-ring (bicyclic) bond motifs is 2. The van der Waals surface area contributed by atoms with Crippen LogP contribution in [0.4, 0.5) is 11.4 Å². The Balaban J connectivity index is 1.67. The molecule has 2 aromatic carbocycles. The Morgan fingerprint density at radius 3 is 2.29 bits per heavy atom. The molecule has 4 rings (SSSR count). The molecule has 0 aromatic heterocycles. The van der Waals surface area contributed by atoms with Gasteiger partial charge >= 0.3 is 0 Å². The summed E-state index contributed by atoms with van der Waals surface area (Å²) in [5.41, 5.74) is 2.06. The van der Waals surface area contributed by atoms with Crippen molar-refractivity contribution in [3.05, 3.63) is 60.8 Å². The molecule has 2 aliphatic rings. The molecule has 2 aliphatic heterocycles. The fraction of sp³-hybridized carbons (Fsp3) is 0.211. The Morgan fingerprint density at radius 2 is 1.71 bits per heavy atom. The summed E-state index contributed by atoms with van der Waals surface area (Å²) in [4.78, 5) is 8.52. The maximum absolute atomic E-state index is 12.1. The van der Waals surface area contributed by atoms with E-state index in [4.69, 9.17) is 0 Å². The summed E-state index contributed by atoms with van der Waals surface area (Å²) >= 11 is 5.02. The number of hydrogen-bond acceptors (Lipinski definition) is 6. The highest BCUT2D eigenvalue weighted by Crippen LogP contribution is 2.47. The molecule has 0 aliphatic carbocycles. The van der Waals surface area contributed by atoms with E-state index in [0.717, 1.165) is 21.2 Å². The maximum Gasteiger partial charge on any atom is 0.275 e. The summed E-state index contributed by atoms with van der Waals surface area (Å²) in [7, 11) is -4.32. The van der Waals surface area contributed by atoms with Crippen LogP contribution >= 0.6 is 27.9 Å². The summed E-state index contributed by atoms with van der Waals surface area (Å²) in [5.74, 6) is 0.290. The van der Waals surface area contributed by atoms with Crippen molar-refractivity contribution in [3.63, 3.8) is 0 Å². The number of aliphatic imine (C=N–C) groups is 1. The second kappa shape index (κ2) is 7.90. The number of hydrogen-bond donors (Lipinski definition) is 1. The molecule has 9 heteroatoms. The molecule has 0 amide bonds. The van der Waals surface area contributed by atoms with Gasteiger partial charge in [0.1, 0.15) is 11.1 Å². The molecule has 0 spiro atoms. The van der Waals surface area contributed by atoms with Crippen molar-refractivity contribution in [2.75, 3.05) is 18.0 Å². The fourth-order valence-corrected chi connectivity index (χ4v) is 5.94. The van der Waals surface area contributed by atoms with Crippen LogP contribution in [0, 0.1) is 0 Å². The van der Waals surface area contributed by atoms with Crippen LogP contribution in [0.2, 0.25) is 0 Å². The maximum atomic E-state index is 12.1. The van der Waals surface area contributed by atoms with Crippen molar-refractivity contribution in [1.82, 2.24) is 3.93 Å². The van der Waals surface area contributed by atoms with Crippen LogP contribution in [-0.2, 0) is 10.1 Å². The van der Waals surface area contributed by atoms with Crippen molar-refractivity contribution in [1.29, 1.82) is 0 Å². The third kappa shape index (κ3) is 3.84. The van der Waals surface area contributed by atoms with Crippen LogP contribution in [0.3, 0.4) is 0 Å². The summed E-state index contributed by atoms with van der Waals surface area (Å²) < 4.78 is 35.7. The van der Waals surface area contributed by atoms with E-state index in [0.29, 0.717) is 13.1 Å². The first-order valence-corrected chi connectivity index (χ1v) is 11.7. The minimum absolute atomic E-state index is 0.195. The number of anilines is 2. The normalized spacial score (nSPS) is 17.0. The zero-order chi connectivity index (χ0) is 19.7. The molecule has 0 radical (unpaired) electrons. The zero-order valence-corrected chi connectivity index (χ0v) is 18.0. The van der Waals surface area contributed by atoms with Gasteiger partial charge in [-0.25, -0.2) is 4.99 Å². The minimum atomic E-state index is -4.32. The molecular formula is C19H18BrN3O3S2. The van der Waals surface area contributed by atoms with E-state index in [9.17, 15) is 13.0 Å². The molecule has 0 fully saturated rings. The van der Waals surface area contributed by atoms with Gasteiger partial charge in [-0.15, -0.1) is 0 Å². The van der Waals surface area contributed by atoms with E-state index < -0.39 is 15.4 Å². The Bertz CT molecular complexity index is 1010. The lowest BCUT2D eigenvalue weighted by molar-refractivity contribution is 0.472. The first kappa shape index (κ1) is 19.5. The Morgan fingerprint density at radius 1 is 1.11 bits per heavy atom. The van der Waals surface area contributed by atoms with Crippen molar-refractivity contribution in [2.45, 2.75) is 21.5 Å². The summed E-state index contributed by atoms with van der Waals surface area (Å²) in [6, 6.07) is 16.1. The second-order valence-electron chi connectivity index (χ2n) is 6.40. The minimum Gasteiger partial charge on any atom is -0.340 e. The molecule has 1 N–H and O–H groups in total. The van der Waals surface area contributed by atoms with Gasteiger partial charge in [-0.05, 0) is 36.8 Å². The Hall–Kier alpha value is -1.81. The van der Waals surface area contributed by atoms with Crippen molar-refractivity contribution in [3.8, 4) is 0 Å². The van der Waals surface area contributed by atoms with Crippen molar-refractivity contribution in [2.24, 2.45) is 4.99 Å². The fourth-order valence-electron chi connectivity index (χ4n) is 3.34. The highest BCUT2D eigenvalue weighted by atomic mass is 79.9. The molecule has 28 heavy (non-hydrogen) atoms. The average molecular weight is 480 g/mol. The monoisotopic (exact) mass is 479 g/mol. The molecule has 2 aromatic rings. The zero-order valence-electron chi connectivity index (χ0n) is 14.8. The molecule has 1 unspecified atom stereocenters. The lowest BCUT2D eigenvalue weighted by atomic mass is 10.2. The molecule has 146 valence electrons. The average Bonchev–Trinajstić information content (AvgIpc) is 2.67. The molecule has 0 saturated carbocycles. The Kier molecular flexibility index (Phi) is 5.50. The first-order valence-electron chi connectivity index (χ1n) is 8.71. The lowest BCUT2D eigenvalue weighted by Gasteiger charge is -2.34. The first-order chi connectivity index (χ1) is 13.4. The molecule has 0 bridgehead atoms. The number of amidine groups is 1. The van der Waals surface area contributed by atoms with Crippen LogP contribution in [0.15, 0.2) is 75.6 Å². The predicted molar refractivity (Wildman–Crippen MR) is 116 cm³/mol. The van der Waals surface area contributed by atoms with Crippen LogP contribution in [0.1, 0.15) is 6.42 Å². The lowest BCUT2D eigenvalue weighted by Crippen LogP contribution is -2.41. The summed E-state index contributed by atoms with van der Waals surface area (Å²) in [5, 5.41) is -1.12. The standard InChI is InChI=1S/C19H18BrN3O3S2/c20-23-12-5-11-21-19(23)18(28(24,25)26)10-13-22-14-6-1-3-8-16(14)27-17-9-4-2-7-15(17)22/h1-9,11,18H,10,12-13H2,(H,24,25,26). The number of rotatable bonds is 5. The third-order valence-electron chi connectivity index (χ3n) is 4.62. The molecule has 6 nitrogen and oxygen atoms in total. The molecular weight excluding hydrogens is 462 g/mol. The van der Waals surface area contributed by atoms with Gasteiger partial charge in [0, 0.05) is 22.5 Å². The van der Waals surface area contributed by atoms with Crippen molar-refractivity contribution < 1.29 is 13.0 Å². The van der Waals surface area contributed by atoms with Gasteiger partial charge in [-0.1, -0.05) is 36.0 Å². The van der Waals surface area contributed by atoms with Crippen LogP contribution in [0.25, 0.3) is 0 Å². The van der Waals surface area contributed by atoms with E-state index in [1.54, 1.807) is 28.0 Å². The van der Waals surface area contributed by atoms with E-state index in [2.05, 4.69) is 38.2 Å². The van der Waals surface area contributed by atoms with Gasteiger partial charge in [0.2, 0.25) is 0 Å². The summed E-state index contributed by atoms with van der Waals surface area (Å²) in [6.07, 6.45) is 3.56. The quantitative estimate of drug-likeness (QED) is 0.503.